The van der Waals surface area contributed by atoms with Gasteiger partial charge >= 0.3 is 0 Å². The number of rotatable bonds is 4. The molecule has 2 unspecified atom stereocenters. The van der Waals surface area contributed by atoms with E-state index >= 15 is 0 Å². The Morgan fingerprint density at radius 3 is 2.10 bits per heavy atom. The summed E-state index contributed by atoms with van der Waals surface area (Å²) in [4.78, 5) is 0. The molecule has 2 rings (SSSR count). The quantitative estimate of drug-likeness (QED) is 0.847. The Bertz CT molecular complexity index is 395. The molecular weight excluding hydrogens is 274 g/mol. The van der Waals surface area contributed by atoms with Crippen molar-refractivity contribution in [2.75, 3.05) is 39.8 Å². The maximum atomic E-state index is 12.7. The van der Waals surface area contributed by atoms with Crippen molar-refractivity contribution in [1.29, 1.82) is 0 Å². The van der Waals surface area contributed by atoms with Gasteiger partial charge < -0.3 is 5.32 Å². The summed E-state index contributed by atoms with van der Waals surface area (Å²) in [5, 5.41) is 3.19. The Labute approximate surface area is 123 Å². The summed E-state index contributed by atoms with van der Waals surface area (Å²) in [5.41, 5.74) is 0. The lowest BCUT2D eigenvalue weighted by Gasteiger charge is -2.39. The first kappa shape index (κ1) is 16.2. The molecule has 0 aliphatic carbocycles. The molecule has 0 amide bonds. The Morgan fingerprint density at radius 1 is 1.05 bits per heavy atom. The Kier molecular flexibility index (Phi) is 5.45. The first-order chi connectivity index (χ1) is 9.43. The summed E-state index contributed by atoms with van der Waals surface area (Å²) in [7, 11) is -1.29. The highest BCUT2D eigenvalue weighted by Crippen LogP contribution is 2.27. The molecule has 20 heavy (non-hydrogen) atoms. The Hall–Kier alpha value is -0.170. The number of hydrogen-bond acceptors (Lipinski definition) is 3. The van der Waals surface area contributed by atoms with Gasteiger partial charge in [0.25, 0.3) is 10.2 Å². The number of hydrogen-bond donors (Lipinski definition) is 1. The van der Waals surface area contributed by atoms with Crippen molar-refractivity contribution >= 4 is 10.2 Å². The fourth-order valence-corrected chi connectivity index (χ4v) is 5.47. The SMILES string of the molecule is CNCC1CCN(S(=O)(=O)N2CC(C)CC(C)C2)CC1. The van der Waals surface area contributed by atoms with E-state index in [4.69, 9.17) is 0 Å². The van der Waals surface area contributed by atoms with E-state index in [1.165, 1.54) is 0 Å². The van der Waals surface area contributed by atoms with Crippen molar-refractivity contribution in [2.45, 2.75) is 33.1 Å². The third-order valence-electron chi connectivity index (χ3n) is 4.55. The molecule has 0 radical (unpaired) electrons. The van der Waals surface area contributed by atoms with Crippen molar-refractivity contribution in [2.24, 2.45) is 17.8 Å². The van der Waals surface area contributed by atoms with E-state index in [2.05, 4.69) is 19.2 Å². The van der Waals surface area contributed by atoms with Gasteiger partial charge in [-0.2, -0.15) is 17.0 Å². The molecule has 2 heterocycles. The molecule has 0 spiro atoms. The number of nitrogens with zero attached hydrogens (tertiary/aromatic N) is 2. The van der Waals surface area contributed by atoms with E-state index in [9.17, 15) is 8.42 Å². The monoisotopic (exact) mass is 303 g/mol. The van der Waals surface area contributed by atoms with Crippen molar-refractivity contribution in [3.63, 3.8) is 0 Å². The van der Waals surface area contributed by atoms with Gasteiger partial charge in [-0.1, -0.05) is 13.8 Å². The van der Waals surface area contributed by atoms with Crippen molar-refractivity contribution < 1.29 is 8.42 Å². The molecule has 6 heteroatoms. The van der Waals surface area contributed by atoms with Crippen LogP contribution in [0.2, 0.25) is 0 Å². The third kappa shape index (κ3) is 3.72. The largest absolute Gasteiger partial charge is 0.319 e. The molecular formula is C14H29N3O2S. The molecule has 0 bridgehead atoms. The second kappa shape index (κ2) is 6.73. The van der Waals surface area contributed by atoms with E-state index in [1.54, 1.807) is 8.61 Å². The predicted molar refractivity (Wildman–Crippen MR) is 81.7 cm³/mol. The normalized spacial score (nSPS) is 31.6. The van der Waals surface area contributed by atoms with E-state index in [-0.39, 0.29) is 0 Å². The standard InChI is InChI=1S/C14H29N3O2S/c1-12-8-13(2)11-17(10-12)20(18,19)16-6-4-14(5-7-16)9-15-3/h12-15H,4-11H2,1-3H3. The lowest BCUT2D eigenvalue weighted by atomic mass is 9.94. The minimum absolute atomic E-state index is 0.468. The molecule has 5 nitrogen and oxygen atoms in total. The molecule has 118 valence electrons. The first-order valence-corrected chi connectivity index (χ1v) is 9.23. The van der Waals surface area contributed by atoms with Crippen LogP contribution in [0.25, 0.3) is 0 Å². The van der Waals surface area contributed by atoms with Gasteiger partial charge in [-0.15, -0.1) is 0 Å². The molecule has 0 aromatic rings. The average Bonchev–Trinajstić information content (AvgIpc) is 2.38. The van der Waals surface area contributed by atoms with E-state index < -0.39 is 10.2 Å². The Morgan fingerprint density at radius 2 is 1.60 bits per heavy atom. The molecule has 1 N–H and O–H groups in total. The zero-order valence-corrected chi connectivity index (χ0v) is 13.8. The van der Waals surface area contributed by atoms with Crippen LogP contribution < -0.4 is 5.32 Å². The van der Waals surface area contributed by atoms with Gasteiger partial charge in [-0.25, -0.2) is 0 Å². The molecule has 2 aliphatic heterocycles. The molecule has 2 saturated heterocycles. The lowest BCUT2D eigenvalue weighted by Crippen LogP contribution is -2.51. The summed E-state index contributed by atoms with van der Waals surface area (Å²) in [6.45, 7) is 8.01. The highest BCUT2D eigenvalue weighted by Gasteiger charge is 2.36. The topological polar surface area (TPSA) is 52.7 Å². The van der Waals surface area contributed by atoms with Crippen LogP contribution in [-0.2, 0) is 10.2 Å². The van der Waals surface area contributed by atoms with Gasteiger partial charge in [0.2, 0.25) is 0 Å². The summed E-state index contributed by atoms with van der Waals surface area (Å²) in [6.07, 6.45) is 3.08. The van der Waals surface area contributed by atoms with Gasteiger partial charge in [0, 0.05) is 26.2 Å². The molecule has 0 aromatic carbocycles. The third-order valence-corrected chi connectivity index (χ3v) is 6.52. The van der Waals surface area contributed by atoms with Crippen molar-refractivity contribution in [3.8, 4) is 0 Å². The van der Waals surface area contributed by atoms with Gasteiger partial charge in [0.1, 0.15) is 0 Å². The zero-order valence-electron chi connectivity index (χ0n) is 13.0. The van der Waals surface area contributed by atoms with Gasteiger partial charge in [-0.3, -0.25) is 0 Å². The molecule has 2 aliphatic rings. The minimum atomic E-state index is -3.24. The smallest absolute Gasteiger partial charge is 0.281 e. The van der Waals surface area contributed by atoms with Crippen LogP contribution in [0, 0.1) is 17.8 Å². The van der Waals surface area contributed by atoms with Gasteiger partial charge in [0.15, 0.2) is 0 Å². The van der Waals surface area contributed by atoms with Crippen LogP contribution in [0.5, 0.6) is 0 Å². The van der Waals surface area contributed by atoms with Crippen LogP contribution in [0.3, 0.4) is 0 Å². The van der Waals surface area contributed by atoms with Gasteiger partial charge in [0.05, 0.1) is 0 Å². The van der Waals surface area contributed by atoms with Crippen LogP contribution in [-0.4, -0.2) is 56.8 Å². The first-order valence-electron chi connectivity index (χ1n) is 7.83. The summed E-state index contributed by atoms with van der Waals surface area (Å²) < 4.78 is 28.9. The maximum absolute atomic E-state index is 12.7. The molecule has 0 saturated carbocycles. The summed E-state index contributed by atoms with van der Waals surface area (Å²) in [5.74, 6) is 1.55. The highest BCUT2D eigenvalue weighted by molar-refractivity contribution is 7.86. The molecule has 2 atom stereocenters. The fraction of sp³-hybridized carbons (Fsp3) is 1.00. The average molecular weight is 303 g/mol. The van der Waals surface area contributed by atoms with Crippen LogP contribution >= 0.6 is 0 Å². The number of nitrogens with one attached hydrogen (secondary N) is 1. The summed E-state index contributed by atoms with van der Waals surface area (Å²) >= 11 is 0. The summed E-state index contributed by atoms with van der Waals surface area (Å²) in [6, 6.07) is 0. The lowest BCUT2D eigenvalue weighted by molar-refractivity contribution is 0.196. The second-order valence-electron chi connectivity index (χ2n) is 6.67. The fourth-order valence-electron chi connectivity index (χ4n) is 3.59. The molecule has 0 aromatic heterocycles. The van der Waals surface area contributed by atoms with Crippen LogP contribution in [0.15, 0.2) is 0 Å². The number of piperidine rings is 2. The predicted octanol–water partition coefficient (Wildman–Crippen LogP) is 1.14. The second-order valence-corrected chi connectivity index (χ2v) is 8.60. The van der Waals surface area contributed by atoms with Crippen LogP contribution in [0.1, 0.15) is 33.1 Å². The van der Waals surface area contributed by atoms with Crippen molar-refractivity contribution in [1.82, 2.24) is 13.9 Å². The highest BCUT2D eigenvalue weighted by atomic mass is 32.2. The molecule has 2 fully saturated rings. The van der Waals surface area contributed by atoms with E-state index in [0.29, 0.717) is 43.9 Å². The van der Waals surface area contributed by atoms with Crippen LogP contribution in [0.4, 0.5) is 0 Å². The van der Waals surface area contributed by atoms with E-state index in [0.717, 1.165) is 25.8 Å². The van der Waals surface area contributed by atoms with E-state index in [1.807, 2.05) is 7.05 Å². The van der Waals surface area contributed by atoms with Gasteiger partial charge in [-0.05, 0) is 50.6 Å². The Balaban J connectivity index is 1.97. The van der Waals surface area contributed by atoms with Crippen molar-refractivity contribution in [3.05, 3.63) is 0 Å². The zero-order chi connectivity index (χ0) is 14.8. The minimum Gasteiger partial charge on any atom is -0.319 e. The maximum Gasteiger partial charge on any atom is 0.281 e.